The van der Waals surface area contributed by atoms with Gasteiger partial charge in [0.25, 0.3) is 0 Å². The Morgan fingerprint density at radius 3 is 2.73 bits per heavy atom. The molecule has 0 aliphatic carbocycles. The van der Waals surface area contributed by atoms with Gasteiger partial charge in [-0.2, -0.15) is 0 Å². The van der Waals surface area contributed by atoms with Crippen LogP contribution < -0.4 is 4.90 Å². The van der Waals surface area contributed by atoms with Crippen LogP contribution in [0.4, 0.5) is 5.69 Å². The summed E-state index contributed by atoms with van der Waals surface area (Å²) in [5.74, 6) is 1.77. The summed E-state index contributed by atoms with van der Waals surface area (Å²) in [4.78, 5) is 22.3. The second-order valence-corrected chi connectivity index (χ2v) is 9.88. The molecule has 1 aromatic carbocycles. The van der Waals surface area contributed by atoms with Gasteiger partial charge in [0.15, 0.2) is 5.78 Å². The van der Waals surface area contributed by atoms with E-state index >= 15 is 0 Å². The number of ketones is 1. The number of carbonyl (C=O) groups is 1. The number of amidine groups is 1. The number of hydrogen-bond acceptors (Lipinski definition) is 8. The third-order valence-electron chi connectivity index (χ3n) is 5.95. The molecule has 0 bridgehead atoms. The van der Waals surface area contributed by atoms with Crippen LogP contribution >= 0.6 is 22.9 Å². The Hall–Kier alpha value is -2.68. The van der Waals surface area contributed by atoms with Crippen molar-refractivity contribution in [3.05, 3.63) is 56.9 Å². The van der Waals surface area contributed by atoms with E-state index in [2.05, 4.69) is 45.2 Å². The topological polar surface area (TPSA) is 71.2 Å². The molecule has 1 saturated heterocycles. The number of Topliss-reactive ketones (excluding diaryl/α,β-unsaturated/α-hetero) is 1. The summed E-state index contributed by atoms with van der Waals surface area (Å²) < 4.78 is 11.8. The van der Waals surface area contributed by atoms with Crippen LogP contribution in [0, 0.1) is 0 Å². The molecule has 7 nitrogen and oxygen atoms in total. The first-order valence-corrected chi connectivity index (χ1v) is 12.2. The van der Waals surface area contributed by atoms with Crippen molar-refractivity contribution in [2.75, 3.05) is 51.3 Å². The van der Waals surface area contributed by atoms with Gasteiger partial charge in [-0.3, -0.25) is 9.79 Å². The largest absolute Gasteiger partial charge is 0.378 e. The van der Waals surface area contributed by atoms with Crippen LogP contribution in [0.1, 0.15) is 27.4 Å². The third kappa shape index (κ3) is 4.83. The fourth-order valence-corrected chi connectivity index (χ4v) is 5.19. The molecule has 172 valence electrons. The number of aromatic nitrogens is 1. The summed E-state index contributed by atoms with van der Waals surface area (Å²) in [6.45, 7) is 4.80. The average molecular weight is 485 g/mol. The lowest BCUT2D eigenvalue weighted by atomic mass is 10.0. The molecule has 0 N–H and O–H groups in total. The molecule has 33 heavy (non-hydrogen) atoms. The predicted molar refractivity (Wildman–Crippen MR) is 131 cm³/mol. The third-order valence-corrected chi connectivity index (χ3v) is 7.22. The normalized spacial score (nSPS) is 16.4. The zero-order valence-corrected chi connectivity index (χ0v) is 20.0. The number of thiophene rings is 1. The van der Waals surface area contributed by atoms with E-state index in [9.17, 15) is 4.79 Å². The SMILES string of the molecule is CN1CCN=C1c1ccc(-c2cc(CCC(=O)c3ccc(Cl)s3)on2)c(N2CCOCC2)c1. The molecule has 0 atom stereocenters. The Morgan fingerprint density at radius 1 is 1.15 bits per heavy atom. The molecule has 5 rings (SSSR count). The molecule has 0 saturated carbocycles. The maximum absolute atomic E-state index is 12.4. The minimum Gasteiger partial charge on any atom is -0.378 e. The van der Waals surface area contributed by atoms with Crippen LogP contribution in [0.5, 0.6) is 0 Å². The van der Waals surface area contributed by atoms with E-state index in [0.717, 1.165) is 54.5 Å². The molecule has 9 heteroatoms. The van der Waals surface area contributed by atoms with Gasteiger partial charge in [-0.05, 0) is 24.3 Å². The number of rotatable bonds is 7. The van der Waals surface area contributed by atoms with Crippen molar-refractivity contribution in [2.24, 2.45) is 4.99 Å². The number of ether oxygens (including phenoxy) is 1. The summed E-state index contributed by atoms with van der Waals surface area (Å²) in [7, 11) is 2.07. The smallest absolute Gasteiger partial charge is 0.173 e. The summed E-state index contributed by atoms with van der Waals surface area (Å²) in [6.07, 6.45) is 0.848. The molecule has 0 unspecified atom stereocenters. The Labute approximate surface area is 201 Å². The van der Waals surface area contributed by atoms with Crippen molar-refractivity contribution >= 4 is 40.2 Å². The van der Waals surface area contributed by atoms with Crippen LogP contribution in [0.3, 0.4) is 0 Å². The lowest BCUT2D eigenvalue weighted by Crippen LogP contribution is -2.36. The first-order chi connectivity index (χ1) is 16.1. The molecule has 0 spiro atoms. The number of aryl methyl sites for hydroxylation is 1. The number of hydrogen-bond donors (Lipinski definition) is 0. The number of benzene rings is 1. The Balaban J connectivity index is 1.39. The predicted octanol–water partition coefficient (Wildman–Crippen LogP) is 4.40. The van der Waals surface area contributed by atoms with Gasteiger partial charge in [0.05, 0.1) is 29.0 Å². The van der Waals surface area contributed by atoms with E-state index in [0.29, 0.717) is 41.0 Å². The number of morpholine rings is 1. The number of anilines is 1. The molecule has 2 aliphatic heterocycles. The number of carbonyl (C=O) groups excluding carboxylic acids is 1. The van der Waals surface area contributed by atoms with Crippen LogP contribution in [0.25, 0.3) is 11.3 Å². The molecule has 4 heterocycles. The van der Waals surface area contributed by atoms with E-state index in [1.165, 1.54) is 11.3 Å². The van der Waals surface area contributed by atoms with Crippen LogP contribution in [-0.4, -0.2) is 68.1 Å². The number of aliphatic imine (C=N–C) groups is 1. The van der Waals surface area contributed by atoms with Crippen molar-refractivity contribution in [3.63, 3.8) is 0 Å². The summed E-state index contributed by atoms with van der Waals surface area (Å²) >= 11 is 7.25. The first kappa shape index (κ1) is 22.1. The number of nitrogens with zero attached hydrogens (tertiary/aromatic N) is 4. The highest BCUT2D eigenvalue weighted by molar-refractivity contribution is 7.18. The molecule has 0 amide bonds. The van der Waals surface area contributed by atoms with Gasteiger partial charge >= 0.3 is 0 Å². The van der Waals surface area contributed by atoms with Crippen molar-refractivity contribution in [1.82, 2.24) is 10.1 Å². The second-order valence-electron chi connectivity index (χ2n) is 8.16. The van der Waals surface area contributed by atoms with Gasteiger partial charge in [0.2, 0.25) is 0 Å². The zero-order chi connectivity index (χ0) is 22.8. The van der Waals surface area contributed by atoms with Gasteiger partial charge in [-0.15, -0.1) is 11.3 Å². The molecule has 3 aromatic rings. The molecule has 2 aliphatic rings. The van der Waals surface area contributed by atoms with Crippen molar-refractivity contribution < 1.29 is 14.1 Å². The summed E-state index contributed by atoms with van der Waals surface area (Å²) in [5.41, 5.74) is 3.98. The van der Waals surface area contributed by atoms with E-state index in [1.54, 1.807) is 12.1 Å². The fraction of sp³-hybridized carbons (Fsp3) is 0.375. The lowest BCUT2D eigenvalue weighted by molar-refractivity contribution is 0.0984. The number of halogens is 1. The highest BCUT2D eigenvalue weighted by atomic mass is 35.5. The lowest BCUT2D eigenvalue weighted by Gasteiger charge is -2.31. The first-order valence-electron chi connectivity index (χ1n) is 11.1. The van der Waals surface area contributed by atoms with Crippen LogP contribution in [0.15, 0.2) is 45.9 Å². The molecular formula is C24H25ClN4O3S. The zero-order valence-electron chi connectivity index (χ0n) is 18.4. The minimum atomic E-state index is 0.0599. The second kappa shape index (κ2) is 9.67. The van der Waals surface area contributed by atoms with Gasteiger partial charge in [0.1, 0.15) is 17.3 Å². The monoisotopic (exact) mass is 484 g/mol. The Kier molecular flexibility index (Phi) is 6.48. The highest BCUT2D eigenvalue weighted by Crippen LogP contribution is 2.33. The molecule has 0 radical (unpaired) electrons. The van der Waals surface area contributed by atoms with Crippen molar-refractivity contribution in [2.45, 2.75) is 12.8 Å². The van der Waals surface area contributed by atoms with Crippen LogP contribution in [-0.2, 0) is 11.2 Å². The van der Waals surface area contributed by atoms with Gasteiger partial charge in [0, 0.05) is 62.4 Å². The van der Waals surface area contributed by atoms with Gasteiger partial charge in [-0.1, -0.05) is 22.8 Å². The van der Waals surface area contributed by atoms with E-state index in [1.807, 2.05) is 6.07 Å². The maximum atomic E-state index is 12.4. The average Bonchev–Trinajstić information content (AvgIpc) is 3.59. The van der Waals surface area contributed by atoms with Crippen molar-refractivity contribution in [1.29, 1.82) is 0 Å². The quantitative estimate of drug-likeness (QED) is 0.463. The highest BCUT2D eigenvalue weighted by Gasteiger charge is 2.22. The maximum Gasteiger partial charge on any atom is 0.173 e. The molecule has 2 aromatic heterocycles. The molecular weight excluding hydrogens is 460 g/mol. The molecule has 1 fully saturated rings. The Morgan fingerprint density at radius 2 is 2.00 bits per heavy atom. The van der Waals surface area contributed by atoms with Gasteiger partial charge < -0.3 is 19.1 Å². The minimum absolute atomic E-state index is 0.0599. The summed E-state index contributed by atoms with van der Waals surface area (Å²) in [5, 5.41) is 4.34. The number of likely N-dealkylation sites (N-methyl/N-ethyl adjacent to an activating group) is 1. The van der Waals surface area contributed by atoms with Gasteiger partial charge in [-0.25, -0.2) is 0 Å². The van der Waals surface area contributed by atoms with E-state index in [-0.39, 0.29) is 5.78 Å². The Bertz CT molecular complexity index is 1180. The van der Waals surface area contributed by atoms with Crippen molar-refractivity contribution in [3.8, 4) is 11.3 Å². The van der Waals surface area contributed by atoms with Crippen LogP contribution in [0.2, 0.25) is 4.34 Å². The summed E-state index contributed by atoms with van der Waals surface area (Å²) in [6, 6.07) is 11.8. The standard InChI is InChI=1S/C24H25ClN4O3S/c1-28-9-8-26-24(28)16-2-4-18(20(14-16)29-10-12-31-13-11-29)19-15-17(32-27-19)3-5-21(30)22-6-7-23(25)33-22/h2,4,6-7,14-15H,3,5,8-13H2,1H3. The van der Waals surface area contributed by atoms with E-state index in [4.69, 9.17) is 20.9 Å². The van der Waals surface area contributed by atoms with E-state index < -0.39 is 0 Å². The fourth-order valence-electron chi connectivity index (χ4n) is 4.18.